The summed E-state index contributed by atoms with van der Waals surface area (Å²) < 4.78 is 8.46. The van der Waals surface area contributed by atoms with Crippen molar-refractivity contribution in [2.45, 2.75) is 20.1 Å². The molecule has 0 fully saturated rings. The lowest BCUT2D eigenvalue weighted by Crippen LogP contribution is -2.00. The normalized spacial score (nSPS) is 10.7. The summed E-state index contributed by atoms with van der Waals surface area (Å²) in [4.78, 5) is 0. The van der Waals surface area contributed by atoms with Crippen LogP contribution >= 0.6 is 15.9 Å². The minimum atomic E-state index is -0.0390. The van der Waals surface area contributed by atoms with E-state index in [0.29, 0.717) is 6.61 Å². The van der Waals surface area contributed by atoms with Gasteiger partial charge in [0, 0.05) is 28.8 Å². The van der Waals surface area contributed by atoms with E-state index in [1.54, 1.807) is 10.9 Å². The van der Waals surface area contributed by atoms with Gasteiger partial charge in [-0.25, -0.2) is 0 Å². The van der Waals surface area contributed by atoms with Crippen molar-refractivity contribution in [3.05, 3.63) is 45.7 Å². The molecule has 0 amide bonds. The first-order chi connectivity index (χ1) is 8.60. The van der Waals surface area contributed by atoms with E-state index in [4.69, 9.17) is 4.74 Å². The van der Waals surface area contributed by atoms with Crippen LogP contribution in [0.3, 0.4) is 0 Å². The third kappa shape index (κ3) is 2.91. The van der Waals surface area contributed by atoms with Crippen LogP contribution in [0, 0.1) is 6.92 Å². The van der Waals surface area contributed by atoms with Crippen molar-refractivity contribution in [1.29, 1.82) is 0 Å². The zero-order chi connectivity index (χ0) is 13.1. The number of benzene rings is 1. The molecule has 0 radical (unpaired) electrons. The van der Waals surface area contributed by atoms with E-state index < -0.39 is 0 Å². The number of ether oxygens (including phenoxy) is 1. The van der Waals surface area contributed by atoms with Gasteiger partial charge in [0.1, 0.15) is 12.4 Å². The molecule has 0 aliphatic heterocycles. The Balaban J connectivity index is 2.18. The van der Waals surface area contributed by atoms with Crippen molar-refractivity contribution >= 4 is 15.9 Å². The predicted octanol–water partition coefficient (Wildman–Crippen LogP) is 2.56. The molecule has 2 rings (SSSR count). The molecule has 0 aliphatic rings. The Morgan fingerprint density at radius 2 is 2.22 bits per heavy atom. The summed E-state index contributed by atoms with van der Waals surface area (Å²) in [6.07, 6.45) is 3.68. The Hall–Kier alpha value is -1.33. The van der Waals surface area contributed by atoms with Crippen LogP contribution in [0.5, 0.6) is 5.75 Å². The molecule has 2 aromatic rings. The topological polar surface area (TPSA) is 47.3 Å². The summed E-state index contributed by atoms with van der Waals surface area (Å²) in [5.74, 6) is 0.740. The molecule has 0 bridgehead atoms. The van der Waals surface area contributed by atoms with Gasteiger partial charge in [-0.3, -0.25) is 4.68 Å². The van der Waals surface area contributed by atoms with E-state index in [-0.39, 0.29) is 6.61 Å². The Morgan fingerprint density at radius 3 is 2.83 bits per heavy atom. The lowest BCUT2D eigenvalue weighted by atomic mass is 10.1. The highest BCUT2D eigenvalue weighted by Crippen LogP contribution is 2.28. The van der Waals surface area contributed by atoms with Crippen molar-refractivity contribution < 1.29 is 9.84 Å². The first kappa shape index (κ1) is 13.1. The number of rotatable bonds is 4. The predicted molar refractivity (Wildman–Crippen MR) is 72.3 cm³/mol. The quantitative estimate of drug-likeness (QED) is 0.944. The van der Waals surface area contributed by atoms with Crippen LogP contribution in [-0.4, -0.2) is 14.9 Å². The van der Waals surface area contributed by atoms with Gasteiger partial charge < -0.3 is 9.84 Å². The molecule has 4 nitrogen and oxygen atoms in total. The van der Waals surface area contributed by atoms with Crippen LogP contribution in [0.4, 0.5) is 0 Å². The van der Waals surface area contributed by atoms with Gasteiger partial charge in [0.15, 0.2) is 0 Å². The fourth-order valence-corrected chi connectivity index (χ4v) is 2.44. The maximum absolute atomic E-state index is 9.35. The SMILES string of the molecule is Cc1cc(Br)cc(CO)c1OCc1cnn(C)c1. The van der Waals surface area contributed by atoms with Crippen molar-refractivity contribution in [2.24, 2.45) is 7.05 Å². The highest BCUT2D eigenvalue weighted by atomic mass is 79.9. The second-order valence-electron chi connectivity index (χ2n) is 4.18. The van der Waals surface area contributed by atoms with Gasteiger partial charge in [-0.05, 0) is 24.6 Å². The third-order valence-corrected chi connectivity index (χ3v) is 3.09. The molecule has 0 unspecified atom stereocenters. The van der Waals surface area contributed by atoms with Crippen molar-refractivity contribution in [3.63, 3.8) is 0 Å². The second-order valence-corrected chi connectivity index (χ2v) is 5.10. The van der Waals surface area contributed by atoms with Gasteiger partial charge in [0.2, 0.25) is 0 Å². The first-order valence-electron chi connectivity index (χ1n) is 5.60. The number of aliphatic hydroxyl groups excluding tert-OH is 1. The molecule has 0 aliphatic carbocycles. The smallest absolute Gasteiger partial charge is 0.128 e. The Kier molecular flexibility index (Phi) is 4.04. The van der Waals surface area contributed by atoms with Crippen LogP contribution in [0.15, 0.2) is 29.0 Å². The van der Waals surface area contributed by atoms with Gasteiger partial charge in [0.05, 0.1) is 12.8 Å². The molecule has 0 atom stereocenters. The number of aryl methyl sites for hydroxylation is 2. The Labute approximate surface area is 114 Å². The van der Waals surface area contributed by atoms with Crippen LogP contribution < -0.4 is 4.74 Å². The first-order valence-corrected chi connectivity index (χ1v) is 6.39. The number of hydrogen-bond acceptors (Lipinski definition) is 3. The molecule has 1 heterocycles. The Bertz CT molecular complexity index is 552. The lowest BCUT2D eigenvalue weighted by molar-refractivity contribution is 0.258. The van der Waals surface area contributed by atoms with E-state index in [2.05, 4.69) is 21.0 Å². The van der Waals surface area contributed by atoms with Gasteiger partial charge in [-0.15, -0.1) is 0 Å². The average molecular weight is 311 g/mol. The van der Waals surface area contributed by atoms with E-state index in [9.17, 15) is 5.11 Å². The van der Waals surface area contributed by atoms with E-state index >= 15 is 0 Å². The molecule has 96 valence electrons. The molecule has 0 saturated carbocycles. The number of aliphatic hydroxyl groups is 1. The highest BCUT2D eigenvalue weighted by molar-refractivity contribution is 9.10. The van der Waals surface area contributed by atoms with E-state index in [1.165, 1.54) is 0 Å². The fraction of sp³-hybridized carbons (Fsp3) is 0.308. The van der Waals surface area contributed by atoms with Crippen LogP contribution in [0.1, 0.15) is 16.7 Å². The summed E-state index contributed by atoms with van der Waals surface area (Å²) in [5, 5.41) is 13.4. The molecular weight excluding hydrogens is 296 g/mol. The molecule has 5 heteroatoms. The summed E-state index contributed by atoms with van der Waals surface area (Å²) >= 11 is 3.41. The average Bonchev–Trinajstić information content (AvgIpc) is 2.73. The van der Waals surface area contributed by atoms with Crippen molar-refractivity contribution in [1.82, 2.24) is 9.78 Å². The van der Waals surface area contributed by atoms with Gasteiger partial charge in [-0.2, -0.15) is 5.10 Å². The monoisotopic (exact) mass is 310 g/mol. The summed E-state index contributed by atoms with van der Waals surface area (Å²) in [7, 11) is 1.87. The van der Waals surface area contributed by atoms with Crippen LogP contribution in [0.2, 0.25) is 0 Å². The minimum Gasteiger partial charge on any atom is -0.488 e. The van der Waals surface area contributed by atoms with Gasteiger partial charge >= 0.3 is 0 Å². The summed E-state index contributed by atoms with van der Waals surface area (Å²) in [6, 6.07) is 3.84. The van der Waals surface area contributed by atoms with E-state index in [0.717, 1.165) is 26.9 Å². The number of hydrogen-bond donors (Lipinski definition) is 1. The molecule has 1 N–H and O–H groups in total. The lowest BCUT2D eigenvalue weighted by Gasteiger charge is -2.13. The summed E-state index contributed by atoms with van der Waals surface area (Å²) in [5.41, 5.74) is 2.78. The van der Waals surface area contributed by atoms with Gasteiger partial charge in [-0.1, -0.05) is 15.9 Å². The standard InChI is InChI=1S/C13H15BrN2O2/c1-9-3-12(14)4-11(7-17)13(9)18-8-10-5-15-16(2)6-10/h3-6,17H,7-8H2,1-2H3. The minimum absolute atomic E-state index is 0.0390. The van der Waals surface area contributed by atoms with Crippen molar-refractivity contribution in [2.75, 3.05) is 0 Å². The van der Waals surface area contributed by atoms with Gasteiger partial charge in [0.25, 0.3) is 0 Å². The zero-order valence-corrected chi connectivity index (χ0v) is 11.9. The van der Waals surface area contributed by atoms with E-state index in [1.807, 2.05) is 32.3 Å². The zero-order valence-electron chi connectivity index (χ0n) is 10.4. The summed E-state index contributed by atoms with van der Waals surface area (Å²) in [6.45, 7) is 2.37. The number of halogens is 1. The third-order valence-electron chi connectivity index (χ3n) is 2.63. The molecule has 0 saturated heterocycles. The maximum Gasteiger partial charge on any atom is 0.128 e. The van der Waals surface area contributed by atoms with Crippen LogP contribution in [0.25, 0.3) is 0 Å². The molecule has 1 aromatic heterocycles. The second kappa shape index (κ2) is 5.54. The molecule has 1 aromatic carbocycles. The molecular formula is C13H15BrN2O2. The largest absolute Gasteiger partial charge is 0.488 e. The highest BCUT2D eigenvalue weighted by Gasteiger charge is 2.09. The number of nitrogens with zero attached hydrogens (tertiary/aromatic N) is 2. The fourth-order valence-electron chi connectivity index (χ4n) is 1.83. The molecule has 0 spiro atoms. The van der Waals surface area contributed by atoms with Crippen LogP contribution in [-0.2, 0) is 20.3 Å². The van der Waals surface area contributed by atoms with Crippen molar-refractivity contribution in [3.8, 4) is 5.75 Å². The Morgan fingerprint density at radius 1 is 1.44 bits per heavy atom. The number of aromatic nitrogens is 2. The molecule has 18 heavy (non-hydrogen) atoms. The maximum atomic E-state index is 9.35.